The first-order valence-electron chi connectivity index (χ1n) is 6.34. The van der Waals surface area contributed by atoms with Crippen LogP contribution in [0.4, 0.5) is 0 Å². The summed E-state index contributed by atoms with van der Waals surface area (Å²) in [6.45, 7) is 4.04. The van der Waals surface area contributed by atoms with E-state index in [-0.39, 0.29) is 11.8 Å². The largest absolute Gasteiger partial charge is 0.368 e. The fourth-order valence-electron chi connectivity index (χ4n) is 1.85. The van der Waals surface area contributed by atoms with Crippen molar-refractivity contribution >= 4 is 34.4 Å². The van der Waals surface area contributed by atoms with Crippen LogP contribution in [0.25, 0.3) is 0 Å². The normalized spacial score (nSPS) is 18.9. The molecule has 1 aromatic heterocycles. The Kier molecular flexibility index (Phi) is 4.63. The van der Waals surface area contributed by atoms with E-state index in [4.69, 9.17) is 4.74 Å². The number of halogens is 1. The highest BCUT2D eigenvalue weighted by Gasteiger charge is 2.32. The van der Waals surface area contributed by atoms with Gasteiger partial charge in [0.25, 0.3) is 11.8 Å². The van der Waals surface area contributed by atoms with Crippen LogP contribution in [0.2, 0.25) is 0 Å². The van der Waals surface area contributed by atoms with Gasteiger partial charge in [-0.1, -0.05) is 0 Å². The van der Waals surface area contributed by atoms with Crippen LogP contribution in [0.5, 0.6) is 0 Å². The molecule has 1 unspecified atom stereocenters. The molecule has 2 N–H and O–H groups in total. The number of nitrogens with one attached hydrogen (secondary N) is 2. The molecular formula is C12H17IN4O3. The second kappa shape index (κ2) is 6.08. The maximum atomic E-state index is 12.2. The zero-order chi connectivity index (χ0) is 14.8. The first kappa shape index (κ1) is 15.2. The van der Waals surface area contributed by atoms with Gasteiger partial charge in [-0.15, -0.1) is 0 Å². The number of hydrogen-bond acceptors (Lipinski definition) is 4. The maximum Gasteiger partial charge on any atom is 0.267 e. The van der Waals surface area contributed by atoms with Crippen molar-refractivity contribution in [3.8, 4) is 0 Å². The van der Waals surface area contributed by atoms with Crippen LogP contribution in [0.15, 0.2) is 12.4 Å². The number of rotatable bonds is 3. The number of hydrazine groups is 1. The summed E-state index contributed by atoms with van der Waals surface area (Å²) >= 11 is 2.12. The van der Waals surface area contributed by atoms with E-state index in [9.17, 15) is 9.59 Å². The molecular weight excluding hydrogens is 375 g/mol. The molecule has 20 heavy (non-hydrogen) atoms. The lowest BCUT2D eigenvalue weighted by atomic mass is 10.1. The number of ether oxygens (including phenoxy) is 1. The standard InChI is InChI=1S/C12H17IN4O3/c1-12(2,17-7-8(13)6-14-17)11(19)16-15-10(18)9-4-3-5-20-9/h6-7,9H,3-5H2,1-2H3,(H,15,18)(H,16,19). The van der Waals surface area contributed by atoms with E-state index in [1.807, 2.05) is 0 Å². The van der Waals surface area contributed by atoms with Crippen molar-refractivity contribution in [2.75, 3.05) is 6.61 Å². The Bertz CT molecular complexity index is 509. The van der Waals surface area contributed by atoms with Crippen molar-refractivity contribution in [3.05, 3.63) is 16.0 Å². The topological polar surface area (TPSA) is 85.3 Å². The molecule has 1 aliphatic rings. The number of aromatic nitrogens is 2. The molecule has 0 saturated carbocycles. The van der Waals surface area contributed by atoms with Crippen LogP contribution in [0, 0.1) is 3.57 Å². The Hall–Kier alpha value is -1.16. The van der Waals surface area contributed by atoms with Crippen LogP contribution >= 0.6 is 22.6 Å². The van der Waals surface area contributed by atoms with Gasteiger partial charge in [-0.2, -0.15) is 5.10 Å². The Balaban J connectivity index is 1.92. The molecule has 1 aliphatic heterocycles. The van der Waals surface area contributed by atoms with Crippen molar-refractivity contribution in [1.82, 2.24) is 20.6 Å². The Morgan fingerprint density at radius 2 is 2.25 bits per heavy atom. The van der Waals surface area contributed by atoms with Crippen molar-refractivity contribution in [1.29, 1.82) is 0 Å². The summed E-state index contributed by atoms with van der Waals surface area (Å²) in [7, 11) is 0. The van der Waals surface area contributed by atoms with Gasteiger partial charge in [-0.3, -0.25) is 25.1 Å². The van der Waals surface area contributed by atoms with Gasteiger partial charge in [-0.25, -0.2) is 0 Å². The van der Waals surface area contributed by atoms with E-state index in [2.05, 4.69) is 38.5 Å². The van der Waals surface area contributed by atoms with Crippen LogP contribution in [0.3, 0.4) is 0 Å². The quantitative estimate of drug-likeness (QED) is 0.581. The highest BCUT2D eigenvalue weighted by atomic mass is 127. The Labute approximate surface area is 130 Å². The molecule has 1 fully saturated rings. The van der Waals surface area contributed by atoms with E-state index in [1.165, 1.54) is 0 Å². The van der Waals surface area contributed by atoms with Crippen molar-refractivity contribution < 1.29 is 14.3 Å². The first-order chi connectivity index (χ1) is 9.41. The molecule has 0 bridgehead atoms. The molecule has 110 valence electrons. The summed E-state index contributed by atoms with van der Waals surface area (Å²) in [5, 5.41) is 4.12. The van der Waals surface area contributed by atoms with E-state index in [1.54, 1.807) is 30.9 Å². The highest BCUT2D eigenvalue weighted by Crippen LogP contribution is 2.16. The van der Waals surface area contributed by atoms with Gasteiger partial charge in [0, 0.05) is 12.8 Å². The third-order valence-corrected chi connectivity index (χ3v) is 3.76. The number of carbonyl (C=O) groups excluding carboxylic acids is 2. The van der Waals surface area contributed by atoms with Crippen molar-refractivity contribution in [2.45, 2.75) is 38.3 Å². The summed E-state index contributed by atoms with van der Waals surface area (Å²) < 4.78 is 7.73. The summed E-state index contributed by atoms with van der Waals surface area (Å²) in [5.74, 6) is -0.662. The molecule has 1 atom stereocenters. The highest BCUT2D eigenvalue weighted by molar-refractivity contribution is 14.1. The average molecular weight is 392 g/mol. The van der Waals surface area contributed by atoms with Crippen LogP contribution in [-0.2, 0) is 19.9 Å². The molecule has 2 rings (SSSR count). The second-order valence-corrected chi connectivity index (χ2v) is 6.35. The summed E-state index contributed by atoms with van der Waals surface area (Å²) in [6, 6.07) is 0. The SMILES string of the molecule is CC(C)(C(=O)NNC(=O)C1CCCO1)n1cc(I)cn1. The molecule has 0 spiro atoms. The summed E-state index contributed by atoms with van der Waals surface area (Å²) in [5.41, 5.74) is 3.93. The van der Waals surface area contributed by atoms with Crippen LogP contribution < -0.4 is 10.9 Å². The second-order valence-electron chi connectivity index (χ2n) is 5.11. The minimum absolute atomic E-state index is 0.318. The van der Waals surface area contributed by atoms with Gasteiger partial charge >= 0.3 is 0 Å². The van der Waals surface area contributed by atoms with E-state index in [0.717, 1.165) is 9.99 Å². The lowest BCUT2D eigenvalue weighted by molar-refractivity contribution is -0.137. The molecule has 7 nitrogen and oxygen atoms in total. The molecule has 2 amide bonds. The van der Waals surface area contributed by atoms with Gasteiger partial charge in [-0.05, 0) is 49.3 Å². The van der Waals surface area contributed by atoms with Gasteiger partial charge in [0.1, 0.15) is 11.6 Å². The first-order valence-corrected chi connectivity index (χ1v) is 7.41. The number of hydrogen-bond donors (Lipinski definition) is 2. The predicted octanol–water partition coefficient (Wildman–Crippen LogP) is 0.549. The molecule has 8 heteroatoms. The van der Waals surface area contributed by atoms with Crippen molar-refractivity contribution in [2.24, 2.45) is 0 Å². The average Bonchev–Trinajstić information content (AvgIpc) is 3.06. The van der Waals surface area contributed by atoms with Gasteiger partial charge in [0.2, 0.25) is 0 Å². The number of nitrogens with zero attached hydrogens (tertiary/aromatic N) is 2. The van der Waals surface area contributed by atoms with E-state index >= 15 is 0 Å². The van der Waals surface area contributed by atoms with Gasteiger partial charge in [0.05, 0.1) is 9.77 Å². The lowest BCUT2D eigenvalue weighted by Crippen LogP contribution is -2.53. The number of amides is 2. The molecule has 0 aliphatic carbocycles. The minimum atomic E-state index is -0.896. The summed E-state index contributed by atoms with van der Waals surface area (Å²) in [4.78, 5) is 23.9. The predicted molar refractivity (Wildman–Crippen MR) is 79.5 cm³/mol. The third kappa shape index (κ3) is 3.29. The lowest BCUT2D eigenvalue weighted by Gasteiger charge is -2.24. The smallest absolute Gasteiger partial charge is 0.267 e. The molecule has 1 aromatic rings. The third-order valence-electron chi connectivity index (χ3n) is 3.20. The van der Waals surface area contributed by atoms with Crippen LogP contribution in [0.1, 0.15) is 26.7 Å². The van der Waals surface area contributed by atoms with Crippen molar-refractivity contribution in [3.63, 3.8) is 0 Å². The Morgan fingerprint density at radius 1 is 1.50 bits per heavy atom. The van der Waals surface area contributed by atoms with Gasteiger partial charge < -0.3 is 4.74 Å². The summed E-state index contributed by atoms with van der Waals surface area (Å²) in [6.07, 6.45) is 4.51. The molecule has 0 radical (unpaired) electrons. The zero-order valence-corrected chi connectivity index (χ0v) is 13.5. The van der Waals surface area contributed by atoms with E-state index < -0.39 is 11.6 Å². The fourth-order valence-corrected chi connectivity index (χ4v) is 2.24. The fraction of sp³-hybridized carbons (Fsp3) is 0.583. The Morgan fingerprint density at radius 3 is 2.80 bits per heavy atom. The minimum Gasteiger partial charge on any atom is -0.368 e. The molecule has 0 aromatic carbocycles. The monoisotopic (exact) mass is 392 g/mol. The number of carbonyl (C=O) groups is 2. The maximum absolute atomic E-state index is 12.2. The molecule has 2 heterocycles. The van der Waals surface area contributed by atoms with Gasteiger partial charge in [0.15, 0.2) is 0 Å². The van der Waals surface area contributed by atoms with E-state index in [0.29, 0.717) is 13.0 Å². The molecule has 1 saturated heterocycles. The zero-order valence-electron chi connectivity index (χ0n) is 11.4. The van der Waals surface area contributed by atoms with Crippen LogP contribution in [-0.4, -0.2) is 34.3 Å².